The van der Waals surface area contributed by atoms with Crippen LogP contribution >= 0.6 is 0 Å². The fourth-order valence-electron chi connectivity index (χ4n) is 2.53. The van der Waals surface area contributed by atoms with Gasteiger partial charge in [0.1, 0.15) is 6.54 Å². The summed E-state index contributed by atoms with van der Waals surface area (Å²) in [5.41, 5.74) is 1.68. The lowest BCUT2D eigenvalue weighted by Crippen LogP contribution is -2.39. The molecule has 0 unspecified atom stereocenters. The number of carboxylic acids is 1. The Bertz CT molecular complexity index is 1030. The second-order valence-electron chi connectivity index (χ2n) is 5.77. The third-order valence-corrected chi connectivity index (χ3v) is 3.90. The van der Waals surface area contributed by atoms with E-state index in [1.165, 1.54) is 6.20 Å². The SMILES string of the molecule is Cc1c(C(=O)NCC(=O)NCC(=O)O)cnn1-c1ccc2ccccc2n1. The van der Waals surface area contributed by atoms with E-state index in [-0.39, 0.29) is 6.54 Å². The van der Waals surface area contributed by atoms with E-state index in [0.717, 1.165) is 10.9 Å². The number of nitrogens with one attached hydrogen (secondary N) is 2. The molecule has 0 fully saturated rings. The lowest BCUT2D eigenvalue weighted by Gasteiger charge is -2.07. The molecule has 0 saturated carbocycles. The van der Waals surface area contributed by atoms with Crippen LogP contribution in [0.5, 0.6) is 0 Å². The number of carbonyl (C=O) groups is 3. The molecule has 2 amide bonds. The monoisotopic (exact) mass is 367 g/mol. The molecule has 27 heavy (non-hydrogen) atoms. The fraction of sp³-hybridized carbons (Fsp3) is 0.167. The molecule has 3 N–H and O–H groups in total. The zero-order chi connectivity index (χ0) is 19.4. The molecule has 0 atom stereocenters. The summed E-state index contributed by atoms with van der Waals surface area (Å²) < 4.78 is 1.55. The zero-order valence-electron chi connectivity index (χ0n) is 14.5. The van der Waals surface area contributed by atoms with E-state index in [9.17, 15) is 14.4 Å². The van der Waals surface area contributed by atoms with E-state index in [2.05, 4.69) is 20.7 Å². The van der Waals surface area contributed by atoms with Gasteiger partial charge >= 0.3 is 5.97 Å². The molecule has 3 aromatic rings. The van der Waals surface area contributed by atoms with E-state index >= 15 is 0 Å². The Kier molecular flexibility index (Phi) is 5.11. The smallest absolute Gasteiger partial charge is 0.322 e. The van der Waals surface area contributed by atoms with Crippen LogP contribution in [-0.4, -0.2) is 50.7 Å². The maximum Gasteiger partial charge on any atom is 0.322 e. The summed E-state index contributed by atoms with van der Waals surface area (Å²) in [4.78, 5) is 38.7. The molecule has 0 bridgehead atoms. The Labute approximate surface area is 154 Å². The van der Waals surface area contributed by atoms with Crippen LogP contribution in [0.4, 0.5) is 0 Å². The molecular formula is C18H17N5O4. The highest BCUT2D eigenvalue weighted by molar-refractivity contribution is 5.97. The van der Waals surface area contributed by atoms with Gasteiger partial charge in [-0.1, -0.05) is 18.2 Å². The molecule has 0 aliphatic heterocycles. The highest BCUT2D eigenvalue weighted by Crippen LogP contribution is 2.17. The number of aliphatic carboxylic acids is 1. The third-order valence-electron chi connectivity index (χ3n) is 3.90. The van der Waals surface area contributed by atoms with Crippen molar-refractivity contribution in [3.63, 3.8) is 0 Å². The first-order valence-electron chi connectivity index (χ1n) is 8.13. The van der Waals surface area contributed by atoms with Gasteiger partial charge in [0.05, 0.1) is 29.5 Å². The van der Waals surface area contributed by atoms with Crippen LogP contribution in [0.3, 0.4) is 0 Å². The summed E-state index contributed by atoms with van der Waals surface area (Å²) in [6.45, 7) is 0.896. The Morgan fingerprint density at radius 3 is 2.63 bits per heavy atom. The number of rotatable bonds is 6. The zero-order valence-corrected chi connectivity index (χ0v) is 14.5. The molecule has 9 nitrogen and oxygen atoms in total. The highest BCUT2D eigenvalue weighted by Gasteiger charge is 2.16. The standard InChI is InChI=1S/C18H17N5O4/c1-11-13(18(27)20-9-16(24)19-10-17(25)26)8-21-23(11)15-7-6-12-4-2-3-5-14(12)22-15/h2-8H,9-10H2,1H3,(H,19,24)(H,20,27)(H,25,26). The van der Waals surface area contributed by atoms with Crippen molar-refractivity contribution in [3.05, 3.63) is 53.9 Å². The Hall–Kier alpha value is -3.75. The lowest BCUT2D eigenvalue weighted by molar-refractivity contribution is -0.137. The first kappa shape index (κ1) is 18.1. The highest BCUT2D eigenvalue weighted by atomic mass is 16.4. The van der Waals surface area contributed by atoms with Gasteiger partial charge in [-0.05, 0) is 25.1 Å². The number of hydrogen-bond donors (Lipinski definition) is 3. The van der Waals surface area contributed by atoms with Gasteiger partial charge in [0, 0.05) is 5.39 Å². The second kappa shape index (κ2) is 7.65. The van der Waals surface area contributed by atoms with Crippen molar-refractivity contribution < 1.29 is 19.5 Å². The van der Waals surface area contributed by atoms with Gasteiger partial charge < -0.3 is 15.7 Å². The van der Waals surface area contributed by atoms with E-state index < -0.39 is 24.3 Å². The number of amides is 2. The molecular weight excluding hydrogens is 350 g/mol. The minimum Gasteiger partial charge on any atom is -0.480 e. The number of pyridine rings is 1. The number of benzene rings is 1. The van der Waals surface area contributed by atoms with Crippen molar-refractivity contribution in [2.24, 2.45) is 0 Å². The Morgan fingerprint density at radius 1 is 1.07 bits per heavy atom. The number of aromatic nitrogens is 3. The van der Waals surface area contributed by atoms with Crippen LogP contribution in [-0.2, 0) is 9.59 Å². The van der Waals surface area contributed by atoms with E-state index in [4.69, 9.17) is 5.11 Å². The Morgan fingerprint density at radius 2 is 1.85 bits per heavy atom. The first-order chi connectivity index (χ1) is 13.0. The summed E-state index contributed by atoms with van der Waals surface area (Å²) in [5, 5.41) is 18.3. The maximum atomic E-state index is 12.3. The lowest BCUT2D eigenvalue weighted by atomic mass is 10.2. The largest absolute Gasteiger partial charge is 0.480 e. The number of fused-ring (bicyclic) bond motifs is 1. The van der Waals surface area contributed by atoms with Crippen molar-refractivity contribution in [2.75, 3.05) is 13.1 Å². The summed E-state index contributed by atoms with van der Waals surface area (Å²) in [6, 6.07) is 11.4. The first-order valence-corrected chi connectivity index (χ1v) is 8.13. The van der Waals surface area contributed by atoms with Gasteiger partial charge in [-0.15, -0.1) is 0 Å². The molecule has 3 rings (SSSR count). The van der Waals surface area contributed by atoms with Gasteiger partial charge in [0.2, 0.25) is 5.91 Å². The molecule has 0 spiro atoms. The number of carboxylic acid groups (broad SMARTS) is 1. The second-order valence-corrected chi connectivity index (χ2v) is 5.77. The predicted molar refractivity (Wildman–Crippen MR) is 96.6 cm³/mol. The summed E-state index contributed by atoms with van der Waals surface area (Å²) in [7, 11) is 0. The van der Waals surface area contributed by atoms with Crippen LogP contribution in [0.2, 0.25) is 0 Å². The minimum absolute atomic E-state index is 0.302. The summed E-state index contributed by atoms with van der Waals surface area (Å²) in [5.74, 6) is -1.66. The third kappa shape index (κ3) is 4.09. The molecule has 9 heteroatoms. The molecule has 138 valence electrons. The van der Waals surface area contributed by atoms with E-state index in [1.54, 1.807) is 11.6 Å². The summed E-state index contributed by atoms with van der Waals surface area (Å²) >= 11 is 0. The topological polar surface area (TPSA) is 126 Å². The molecule has 0 radical (unpaired) electrons. The van der Waals surface area contributed by atoms with Gasteiger partial charge in [-0.2, -0.15) is 5.10 Å². The van der Waals surface area contributed by atoms with Gasteiger partial charge in [0.15, 0.2) is 5.82 Å². The molecule has 0 aliphatic carbocycles. The Balaban J connectivity index is 1.73. The van der Waals surface area contributed by atoms with Crippen LogP contribution in [0.1, 0.15) is 16.1 Å². The normalized spacial score (nSPS) is 10.6. The summed E-state index contributed by atoms with van der Waals surface area (Å²) in [6.07, 6.45) is 1.40. The van der Waals surface area contributed by atoms with Crippen molar-refractivity contribution in [1.29, 1.82) is 0 Å². The molecule has 0 aliphatic rings. The van der Waals surface area contributed by atoms with Crippen molar-refractivity contribution in [3.8, 4) is 5.82 Å². The molecule has 0 saturated heterocycles. The molecule has 1 aromatic carbocycles. The van der Waals surface area contributed by atoms with Crippen molar-refractivity contribution in [1.82, 2.24) is 25.4 Å². The van der Waals surface area contributed by atoms with Crippen LogP contribution in [0.25, 0.3) is 16.7 Å². The number of carbonyl (C=O) groups excluding carboxylic acids is 2. The number of nitrogens with zero attached hydrogens (tertiary/aromatic N) is 3. The van der Waals surface area contributed by atoms with Crippen LogP contribution in [0.15, 0.2) is 42.6 Å². The number of hydrogen-bond acceptors (Lipinski definition) is 5. The quantitative estimate of drug-likeness (QED) is 0.587. The predicted octanol–water partition coefficient (Wildman–Crippen LogP) is 0.660. The number of para-hydroxylation sites is 1. The van der Waals surface area contributed by atoms with E-state index in [1.807, 2.05) is 36.4 Å². The molecule has 2 heterocycles. The van der Waals surface area contributed by atoms with E-state index in [0.29, 0.717) is 17.1 Å². The minimum atomic E-state index is -1.16. The van der Waals surface area contributed by atoms with Crippen molar-refractivity contribution in [2.45, 2.75) is 6.92 Å². The van der Waals surface area contributed by atoms with Gasteiger partial charge in [0.25, 0.3) is 5.91 Å². The van der Waals surface area contributed by atoms with Crippen LogP contribution in [0, 0.1) is 6.92 Å². The van der Waals surface area contributed by atoms with Gasteiger partial charge in [-0.25, -0.2) is 9.67 Å². The van der Waals surface area contributed by atoms with Gasteiger partial charge in [-0.3, -0.25) is 14.4 Å². The van der Waals surface area contributed by atoms with Crippen LogP contribution < -0.4 is 10.6 Å². The van der Waals surface area contributed by atoms with Crippen molar-refractivity contribution >= 4 is 28.7 Å². The average Bonchev–Trinajstić information content (AvgIpc) is 3.05. The fourth-order valence-corrected chi connectivity index (χ4v) is 2.53. The maximum absolute atomic E-state index is 12.3. The average molecular weight is 367 g/mol. The molecule has 2 aromatic heterocycles.